The number of rotatable bonds is 5. The Labute approximate surface area is 125 Å². The number of aliphatic hydroxyl groups is 1. The molecular weight excluding hydrogens is 296 g/mol. The molecule has 0 radical (unpaired) electrons. The van der Waals surface area contributed by atoms with E-state index in [0.717, 1.165) is 30.0 Å². The Bertz CT molecular complexity index is 467. The van der Waals surface area contributed by atoms with Crippen molar-refractivity contribution < 1.29 is 23.4 Å². The van der Waals surface area contributed by atoms with Gasteiger partial charge in [0.2, 0.25) is 0 Å². The van der Waals surface area contributed by atoms with E-state index in [0.29, 0.717) is 19.3 Å². The smallest absolute Gasteiger partial charge is 0.322 e. The molecule has 1 aliphatic heterocycles. The molecule has 0 spiro atoms. The second kappa shape index (κ2) is 7.04. The van der Waals surface area contributed by atoms with E-state index in [1.54, 1.807) is 0 Å². The molecular formula is C13H24N2O5S. The van der Waals surface area contributed by atoms with Crippen molar-refractivity contribution in [3.63, 3.8) is 0 Å². The van der Waals surface area contributed by atoms with Crippen molar-refractivity contribution in [1.29, 1.82) is 0 Å². The maximum atomic E-state index is 12.5. The van der Waals surface area contributed by atoms with Gasteiger partial charge in [0.1, 0.15) is 6.04 Å². The van der Waals surface area contributed by atoms with E-state index in [2.05, 4.69) is 4.72 Å². The minimum Gasteiger partial charge on any atom is -0.480 e. The monoisotopic (exact) mass is 320 g/mol. The highest BCUT2D eigenvalue weighted by molar-refractivity contribution is 7.87. The first-order valence-corrected chi connectivity index (χ1v) is 9.02. The Morgan fingerprint density at radius 3 is 2.48 bits per heavy atom. The fourth-order valence-electron chi connectivity index (χ4n) is 3.28. The predicted molar refractivity (Wildman–Crippen MR) is 76.9 cm³/mol. The van der Waals surface area contributed by atoms with E-state index < -0.39 is 22.2 Å². The molecule has 2 rings (SSSR count). The molecule has 3 unspecified atom stereocenters. The zero-order valence-electron chi connectivity index (χ0n) is 12.1. The fraction of sp³-hybridized carbons (Fsp3) is 0.923. The van der Waals surface area contributed by atoms with Gasteiger partial charge in [-0.25, -0.2) is 0 Å². The standard InChI is InChI=1S/C13H24N2O5S/c16-9-10-5-1-2-6-11(10)14-21(19,20)15-8-4-3-7-12(15)13(17)18/h10-12,14,16H,1-9H2,(H,17,18). The van der Waals surface area contributed by atoms with Crippen LogP contribution >= 0.6 is 0 Å². The van der Waals surface area contributed by atoms with Crippen LogP contribution in [-0.2, 0) is 15.0 Å². The van der Waals surface area contributed by atoms with Crippen LogP contribution in [0.5, 0.6) is 0 Å². The zero-order valence-corrected chi connectivity index (χ0v) is 12.9. The Balaban J connectivity index is 2.10. The quantitative estimate of drug-likeness (QED) is 0.676. The van der Waals surface area contributed by atoms with Gasteiger partial charge in [0, 0.05) is 19.2 Å². The highest BCUT2D eigenvalue weighted by atomic mass is 32.2. The van der Waals surface area contributed by atoms with Gasteiger partial charge in [-0.05, 0) is 38.0 Å². The third-order valence-electron chi connectivity index (χ3n) is 4.49. The Morgan fingerprint density at radius 2 is 1.81 bits per heavy atom. The van der Waals surface area contributed by atoms with Crippen molar-refractivity contribution in [3.05, 3.63) is 0 Å². The third-order valence-corrected chi connectivity index (χ3v) is 6.15. The summed E-state index contributed by atoms with van der Waals surface area (Å²) in [6.07, 6.45) is 5.16. The maximum Gasteiger partial charge on any atom is 0.322 e. The summed E-state index contributed by atoms with van der Waals surface area (Å²) in [6.45, 7) is 0.193. The van der Waals surface area contributed by atoms with Crippen molar-refractivity contribution in [2.75, 3.05) is 13.2 Å². The lowest BCUT2D eigenvalue weighted by molar-refractivity contribution is -0.142. The Morgan fingerprint density at radius 1 is 1.14 bits per heavy atom. The van der Waals surface area contributed by atoms with Gasteiger partial charge in [-0.1, -0.05) is 12.8 Å². The first-order valence-electron chi connectivity index (χ1n) is 7.58. The first kappa shape index (κ1) is 16.7. The second-order valence-electron chi connectivity index (χ2n) is 5.92. The largest absolute Gasteiger partial charge is 0.480 e. The summed E-state index contributed by atoms with van der Waals surface area (Å²) in [5.74, 6) is -1.18. The molecule has 21 heavy (non-hydrogen) atoms. The number of nitrogens with zero attached hydrogens (tertiary/aromatic N) is 1. The molecule has 0 amide bonds. The van der Waals surface area contributed by atoms with Crippen molar-refractivity contribution in [3.8, 4) is 0 Å². The highest BCUT2D eigenvalue weighted by Gasteiger charge is 2.39. The van der Waals surface area contributed by atoms with Crippen molar-refractivity contribution >= 4 is 16.2 Å². The van der Waals surface area contributed by atoms with Crippen molar-refractivity contribution in [2.24, 2.45) is 5.92 Å². The molecule has 122 valence electrons. The number of carboxylic acid groups (broad SMARTS) is 1. The van der Waals surface area contributed by atoms with E-state index in [1.165, 1.54) is 0 Å². The summed E-state index contributed by atoms with van der Waals surface area (Å²) in [4.78, 5) is 11.3. The summed E-state index contributed by atoms with van der Waals surface area (Å²) >= 11 is 0. The molecule has 2 aliphatic rings. The van der Waals surface area contributed by atoms with Gasteiger partial charge >= 0.3 is 5.97 Å². The van der Waals surface area contributed by atoms with E-state index >= 15 is 0 Å². The van der Waals surface area contributed by atoms with Crippen LogP contribution in [0.15, 0.2) is 0 Å². The maximum absolute atomic E-state index is 12.5. The van der Waals surface area contributed by atoms with E-state index in [9.17, 15) is 23.4 Å². The van der Waals surface area contributed by atoms with Gasteiger partial charge < -0.3 is 10.2 Å². The first-order chi connectivity index (χ1) is 9.95. The summed E-state index contributed by atoms with van der Waals surface area (Å²) in [7, 11) is -3.83. The van der Waals surface area contributed by atoms with Crippen LogP contribution in [0, 0.1) is 5.92 Å². The van der Waals surface area contributed by atoms with Gasteiger partial charge in [0.15, 0.2) is 0 Å². The Hall–Kier alpha value is -0.700. The molecule has 2 fully saturated rings. The summed E-state index contributed by atoms with van der Waals surface area (Å²) in [5, 5.41) is 18.6. The number of carboxylic acids is 1. The third kappa shape index (κ3) is 3.94. The van der Waals surface area contributed by atoms with Crippen molar-refractivity contribution in [2.45, 2.75) is 57.0 Å². The number of piperidine rings is 1. The van der Waals surface area contributed by atoms with Crippen LogP contribution in [-0.4, -0.2) is 54.1 Å². The van der Waals surface area contributed by atoms with E-state index in [4.69, 9.17) is 0 Å². The Kier molecular flexibility index (Phi) is 5.59. The summed E-state index contributed by atoms with van der Waals surface area (Å²) < 4.78 is 28.7. The molecule has 0 aromatic carbocycles. The number of aliphatic hydroxyl groups excluding tert-OH is 1. The summed E-state index contributed by atoms with van der Waals surface area (Å²) in [6, 6.07) is -1.28. The number of hydrogen-bond donors (Lipinski definition) is 3. The molecule has 0 aromatic rings. The van der Waals surface area contributed by atoms with E-state index in [-0.39, 0.29) is 25.1 Å². The van der Waals surface area contributed by atoms with Crippen LogP contribution in [0.2, 0.25) is 0 Å². The summed E-state index contributed by atoms with van der Waals surface area (Å²) in [5.41, 5.74) is 0. The molecule has 1 heterocycles. The van der Waals surface area contributed by atoms with Crippen LogP contribution < -0.4 is 4.72 Å². The lowest BCUT2D eigenvalue weighted by Gasteiger charge is -2.36. The minimum atomic E-state index is -3.83. The highest BCUT2D eigenvalue weighted by Crippen LogP contribution is 2.26. The molecule has 3 atom stereocenters. The predicted octanol–water partition coefficient (Wildman–Crippen LogP) is 0.311. The number of nitrogens with one attached hydrogen (secondary N) is 1. The fourth-order valence-corrected chi connectivity index (χ4v) is 5.01. The van der Waals surface area contributed by atoms with Crippen molar-refractivity contribution in [1.82, 2.24) is 9.03 Å². The van der Waals surface area contributed by atoms with Gasteiger partial charge in [0.25, 0.3) is 10.2 Å². The molecule has 8 heteroatoms. The van der Waals surface area contributed by atoms with Crippen LogP contribution in [0.25, 0.3) is 0 Å². The topological polar surface area (TPSA) is 107 Å². The minimum absolute atomic E-state index is 0.0461. The number of carbonyl (C=O) groups is 1. The number of hydrogen-bond acceptors (Lipinski definition) is 4. The molecule has 0 aromatic heterocycles. The van der Waals surface area contributed by atoms with Gasteiger partial charge in [0.05, 0.1) is 0 Å². The normalized spacial score (nSPS) is 32.0. The molecule has 1 saturated heterocycles. The van der Waals surface area contributed by atoms with Crippen LogP contribution in [0.1, 0.15) is 44.9 Å². The SMILES string of the molecule is O=C(O)C1CCCCN1S(=O)(=O)NC1CCCCC1CO. The van der Waals surface area contributed by atoms with Crippen LogP contribution in [0.4, 0.5) is 0 Å². The number of aliphatic carboxylic acids is 1. The zero-order chi connectivity index (χ0) is 15.5. The van der Waals surface area contributed by atoms with Gasteiger partial charge in [-0.2, -0.15) is 17.4 Å². The molecule has 3 N–H and O–H groups in total. The lowest BCUT2D eigenvalue weighted by Crippen LogP contribution is -2.55. The lowest BCUT2D eigenvalue weighted by atomic mass is 9.86. The van der Waals surface area contributed by atoms with Gasteiger partial charge in [-0.15, -0.1) is 0 Å². The molecule has 1 saturated carbocycles. The second-order valence-corrected chi connectivity index (χ2v) is 7.57. The molecule has 7 nitrogen and oxygen atoms in total. The molecule has 1 aliphatic carbocycles. The molecule has 0 bridgehead atoms. The average Bonchev–Trinajstić information content (AvgIpc) is 2.47. The van der Waals surface area contributed by atoms with Gasteiger partial charge in [-0.3, -0.25) is 4.79 Å². The van der Waals surface area contributed by atoms with Crippen LogP contribution in [0.3, 0.4) is 0 Å². The average molecular weight is 320 g/mol. The van der Waals surface area contributed by atoms with E-state index in [1.807, 2.05) is 0 Å².